The first-order valence-corrected chi connectivity index (χ1v) is 10.6. The molecule has 1 aliphatic heterocycles. The van der Waals surface area contributed by atoms with E-state index in [1.807, 2.05) is 42.2 Å². The van der Waals surface area contributed by atoms with Crippen molar-refractivity contribution in [2.24, 2.45) is 0 Å². The predicted molar refractivity (Wildman–Crippen MR) is 118 cm³/mol. The molecule has 3 aromatic heterocycles. The van der Waals surface area contributed by atoms with E-state index in [4.69, 9.17) is 14.8 Å². The zero-order valence-corrected chi connectivity index (χ0v) is 17.9. The van der Waals surface area contributed by atoms with Gasteiger partial charge in [0.05, 0.1) is 37.3 Å². The van der Waals surface area contributed by atoms with Crippen molar-refractivity contribution in [1.82, 2.24) is 24.7 Å². The molecule has 0 amide bonds. The van der Waals surface area contributed by atoms with E-state index < -0.39 is 5.82 Å². The Bertz CT molecular complexity index is 1200. The van der Waals surface area contributed by atoms with Crippen molar-refractivity contribution in [2.75, 3.05) is 30.9 Å². The number of hydrogen-bond acceptors (Lipinski definition) is 8. The van der Waals surface area contributed by atoms with Crippen LogP contribution < -0.4 is 15.0 Å². The van der Waals surface area contributed by atoms with Crippen LogP contribution in [-0.4, -0.2) is 45.4 Å². The number of rotatable bonds is 5. The van der Waals surface area contributed by atoms with E-state index in [0.717, 1.165) is 53.7 Å². The number of nitrogens with one attached hydrogen (secondary N) is 1. The van der Waals surface area contributed by atoms with Crippen LogP contribution in [0.4, 0.5) is 21.3 Å². The van der Waals surface area contributed by atoms with Crippen LogP contribution in [0.3, 0.4) is 0 Å². The van der Waals surface area contributed by atoms with Crippen LogP contribution in [0.15, 0.2) is 42.9 Å². The average Bonchev–Trinajstić information content (AvgIpc) is 3.35. The fraction of sp³-hybridized carbons (Fsp3) is 0.238. The Labute approximate surface area is 182 Å². The Morgan fingerprint density at radius 2 is 1.97 bits per heavy atom. The Hall–Kier alpha value is -3.53. The molecule has 0 fully saturated rings. The lowest BCUT2D eigenvalue weighted by Gasteiger charge is -2.14. The SMILES string of the molecule is COc1ccc(Cn2cc3c(n2)N(C)CCc2sc(Nc4ncc(F)cn4)nc2-3)cc1. The molecule has 5 rings (SSSR count). The highest BCUT2D eigenvalue weighted by Gasteiger charge is 2.25. The van der Waals surface area contributed by atoms with E-state index in [9.17, 15) is 4.39 Å². The lowest BCUT2D eigenvalue weighted by molar-refractivity contribution is 0.414. The molecule has 0 atom stereocenters. The van der Waals surface area contributed by atoms with E-state index in [1.54, 1.807) is 18.4 Å². The number of aromatic nitrogens is 5. The molecular formula is C21H20FN7OS. The second kappa shape index (κ2) is 7.95. The van der Waals surface area contributed by atoms with Gasteiger partial charge in [0, 0.05) is 31.1 Å². The summed E-state index contributed by atoms with van der Waals surface area (Å²) in [6, 6.07) is 7.97. The standard InChI is InChI=1S/C21H20FN7OS/c1-28-8-7-17-18(25-21(31-17)26-20-23-9-14(22)10-24-20)16-12-29(27-19(16)28)11-13-3-5-15(30-2)6-4-13/h3-6,9-10,12H,7-8,11H2,1-2H3,(H,23,24,25,26). The van der Waals surface area contributed by atoms with Crippen molar-refractivity contribution in [3.05, 3.63) is 59.1 Å². The lowest BCUT2D eigenvalue weighted by atomic mass is 10.2. The zero-order chi connectivity index (χ0) is 21.4. The molecule has 4 heterocycles. The number of likely N-dealkylation sites (N-methyl/N-ethyl adjacent to an activating group) is 1. The fourth-order valence-electron chi connectivity index (χ4n) is 3.49. The van der Waals surface area contributed by atoms with Gasteiger partial charge in [-0.3, -0.25) is 4.68 Å². The smallest absolute Gasteiger partial charge is 0.229 e. The molecule has 0 radical (unpaired) electrons. The minimum absolute atomic E-state index is 0.317. The summed E-state index contributed by atoms with van der Waals surface area (Å²) in [6.07, 6.45) is 5.16. The van der Waals surface area contributed by atoms with Crippen LogP contribution in [0, 0.1) is 5.82 Å². The molecule has 8 nitrogen and oxygen atoms in total. The monoisotopic (exact) mass is 437 g/mol. The van der Waals surface area contributed by atoms with Crippen molar-refractivity contribution in [1.29, 1.82) is 0 Å². The van der Waals surface area contributed by atoms with Gasteiger partial charge >= 0.3 is 0 Å². The molecule has 0 unspecified atom stereocenters. The van der Waals surface area contributed by atoms with E-state index in [0.29, 0.717) is 17.6 Å². The molecule has 0 aliphatic carbocycles. The zero-order valence-electron chi connectivity index (χ0n) is 17.0. The third kappa shape index (κ3) is 3.93. The Morgan fingerprint density at radius 1 is 1.19 bits per heavy atom. The summed E-state index contributed by atoms with van der Waals surface area (Å²) in [5, 5.41) is 8.57. The molecule has 31 heavy (non-hydrogen) atoms. The number of ether oxygens (including phenoxy) is 1. The van der Waals surface area contributed by atoms with E-state index in [1.165, 1.54) is 4.88 Å². The summed E-state index contributed by atoms with van der Waals surface area (Å²) < 4.78 is 20.2. The molecule has 0 saturated heterocycles. The van der Waals surface area contributed by atoms with Crippen LogP contribution >= 0.6 is 11.3 Å². The Morgan fingerprint density at radius 3 is 2.71 bits per heavy atom. The third-order valence-electron chi connectivity index (χ3n) is 5.07. The minimum Gasteiger partial charge on any atom is -0.497 e. The highest BCUT2D eigenvalue weighted by atomic mass is 32.1. The Balaban J connectivity index is 1.44. The molecule has 158 valence electrons. The fourth-order valence-corrected chi connectivity index (χ4v) is 4.45. The first-order chi connectivity index (χ1) is 15.1. The van der Waals surface area contributed by atoms with Gasteiger partial charge in [-0.1, -0.05) is 12.1 Å². The summed E-state index contributed by atoms with van der Waals surface area (Å²) in [7, 11) is 3.71. The van der Waals surface area contributed by atoms with Gasteiger partial charge in [0.25, 0.3) is 0 Å². The first-order valence-electron chi connectivity index (χ1n) is 9.75. The number of anilines is 3. The van der Waals surface area contributed by atoms with E-state index in [2.05, 4.69) is 20.2 Å². The summed E-state index contributed by atoms with van der Waals surface area (Å²) in [5.74, 6) is 1.58. The number of thiazole rings is 1. The quantitative estimate of drug-likeness (QED) is 0.510. The normalized spacial score (nSPS) is 12.8. The van der Waals surface area contributed by atoms with Gasteiger partial charge in [0.2, 0.25) is 5.95 Å². The van der Waals surface area contributed by atoms with Gasteiger partial charge in [-0.15, -0.1) is 11.3 Å². The highest BCUT2D eigenvalue weighted by molar-refractivity contribution is 7.16. The molecule has 0 bridgehead atoms. The maximum Gasteiger partial charge on any atom is 0.229 e. The van der Waals surface area contributed by atoms with Gasteiger partial charge in [0.15, 0.2) is 16.8 Å². The van der Waals surface area contributed by atoms with Crippen molar-refractivity contribution in [3.8, 4) is 17.0 Å². The topological polar surface area (TPSA) is 81.0 Å². The molecule has 1 N–H and O–H groups in total. The van der Waals surface area contributed by atoms with Crippen LogP contribution in [-0.2, 0) is 13.0 Å². The number of methoxy groups -OCH3 is 1. The minimum atomic E-state index is -0.475. The second-order valence-corrected chi connectivity index (χ2v) is 8.31. The van der Waals surface area contributed by atoms with Crippen LogP contribution in [0.25, 0.3) is 11.3 Å². The summed E-state index contributed by atoms with van der Waals surface area (Å²) in [6.45, 7) is 1.49. The van der Waals surface area contributed by atoms with Crippen molar-refractivity contribution < 1.29 is 9.13 Å². The maximum atomic E-state index is 13.1. The van der Waals surface area contributed by atoms with Crippen LogP contribution in [0.5, 0.6) is 5.75 Å². The molecule has 0 spiro atoms. The first kappa shape index (κ1) is 19.4. The van der Waals surface area contributed by atoms with E-state index in [-0.39, 0.29) is 0 Å². The third-order valence-corrected chi connectivity index (χ3v) is 6.10. The van der Waals surface area contributed by atoms with Crippen molar-refractivity contribution in [2.45, 2.75) is 13.0 Å². The number of hydrogen-bond donors (Lipinski definition) is 1. The molecule has 10 heteroatoms. The van der Waals surface area contributed by atoms with E-state index >= 15 is 0 Å². The highest BCUT2D eigenvalue weighted by Crippen LogP contribution is 2.39. The summed E-state index contributed by atoms with van der Waals surface area (Å²) in [5.41, 5.74) is 3.04. The van der Waals surface area contributed by atoms with Gasteiger partial charge in [-0.2, -0.15) is 5.10 Å². The number of fused-ring (bicyclic) bond motifs is 3. The summed E-state index contributed by atoms with van der Waals surface area (Å²) >= 11 is 1.56. The lowest BCUT2D eigenvalue weighted by Crippen LogP contribution is -2.20. The van der Waals surface area contributed by atoms with Crippen molar-refractivity contribution in [3.63, 3.8) is 0 Å². The van der Waals surface area contributed by atoms with Crippen LogP contribution in [0.2, 0.25) is 0 Å². The van der Waals surface area contributed by atoms with Crippen LogP contribution in [0.1, 0.15) is 10.4 Å². The number of halogens is 1. The maximum absolute atomic E-state index is 13.1. The van der Waals surface area contributed by atoms with Gasteiger partial charge < -0.3 is 15.0 Å². The number of nitrogens with zero attached hydrogens (tertiary/aromatic N) is 6. The second-order valence-electron chi connectivity index (χ2n) is 7.22. The molecule has 4 aromatic rings. The average molecular weight is 438 g/mol. The molecular weight excluding hydrogens is 417 g/mol. The van der Waals surface area contributed by atoms with Gasteiger partial charge in [-0.25, -0.2) is 19.3 Å². The summed E-state index contributed by atoms with van der Waals surface area (Å²) in [4.78, 5) is 16.0. The number of benzene rings is 1. The Kier molecular flexibility index (Phi) is 4.99. The molecule has 0 saturated carbocycles. The largest absolute Gasteiger partial charge is 0.497 e. The molecule has 1 aromatic carbocycles. The van der Waals surface area contributed by atoms with Crippen molar-refractivity contribution >= 4 is 28.2 Å². The van der Waals surface area contributed by atoms with Gasteiger partial charge in [0.1, 0.15) is 5.75 Å². The predicted octanol–water partition coefficient (Wildman–Crippen LogP) is 3.73. The molecule has 1 aliphatic rings. The van der Waals surface area contributed by atoms with Gasteiger partial charge in [-0.05, 0) is 17.7 Å².